The second-order valence-corrected chi connectivity index (χ2v) is 6.14. The van der Waals surface area contributed by atoms with Crippen LogP contribution in [0.3, 0.4) is 0 Å². The van der Waals surface area contributed by atoms with Crippen LogP contribution in [0, 0.1) is 12.7 Å². The third kappa shape index (κ3) is 3.67. The molecular formula is C17H19FN4O3. The van der Waals surface area contributed by atoms with E-state index in [2.05, 4.69) is 10.5 Å². The minimum Gasteiger partial charge on any atom is -0.335 e. The fourth-order valence-corrected chi connectivity index (χ4v) is 2.88. The quantitative estimate of drug-likeness (QED) is 0.855. The Bertz CT molecular complexity index is 754. The summed E-state index contributed by atoms with van der Waals surface area (Å²) in [4.78, 5) is 39.3. The number of benzene rings is 1. The lowest BCUT2D eigenvalue weighted by Gasteiger charge is -2.35. The molecule has 7 nitrogen and oxygen atoms in total. The fraction of sp³-hybridized carbons (Fsp3) is 0.412. The molecule has 25 heavy (non-hydrogen) atoms. The van der Waals surface area contributed by atoms with Gasteiger partial charge in [0.15, 0.2) is 0 Å². The molecule has 1 saturated heterocycles. The summed E-state index contributed by atoms with van der Waals surface area (Å²) in [5.41, 5.74) is 3.53. The summed E-state index contributed by atoms with van der Waals surface area (Å²) < 4.78 is 13.3. The highest BCUT2D eigenvalue weighted by molar-refractivity contribution is 6.39. The molecule has 0 radical (unpaired) electrons. The molecule has 0 aromatic heterocycles. The van der Waals surface area contributed by atoms with E-state index in [9.17, 15) is 18.8 Å². The Balaban J connectivity index is 1.59. The van der Waals surface area contributed by atoms with Crippen molar-refractivity contribution in [1.82, 2.24) is 15.2 Å². The number of halogens is 1. The summed E-state index contributed by atoms with van der Waals surface area (Å²) in [6, 6.07) is 4.30. The number of nitrogens with one attached hydrogen (secondary N) is 1. The molecule has 0 unspecified atom stereocenters. The average Bonchev–Trinajstić information content (AvgIpc) is 2.63. The second kappa shape index (κ2) is 7.00. The molecule has 8 heteroatoms. The van der Waals surface area contributed by atoms with E-state index in [0.29, 0.717) is 49.4 Å². The number of aryl methyl sites for hydroxylation is 1. The van der Waals surface area contributed by atoms with Gasteiger partial charge in [0, 0.05) is 44.6 Å². The van der Waals surface area contributed by atoms with Gasteiger partial charge in [0.1, 0.15) is 11.5 Å². The first-order chi connectivity index (χ1) is 12.0. The van der Waals surface area contributed by atoms with Crippen LogP contribution < -0.4 is 5.43 Å². The molecule has 3 amide bonds. The molecule has 1 aromatic carbocycles. The molecular weight excluding hydrogens is 327 g/mol. The zero-order valence-corrected chi connectivity index (χ0v) is 13.9. The molecule has 132 valence electrons. The first kappa shape index (κ1) is 17.1. The van der Waals surface area contributed by atoms with Gasteiger partial charge in [-0.2, -0.15) is 5.10 Å². The SMILES string of the molecule is Cc1cc(C(=O)N2CCN(C(=O)C3=NNC(=O)CC3)CC2)ccc1F. The van der Waals surface area contributed by atoms with Gasteiger partial charge in [-0.15, -0.1) is 0 Å². The molecule has 2 heterocycles. The van der Waals surface area contributed by atoms with Gasteiger partial charge in [0.2, 0.25) is 5.91 Å². The number of amides is 3. The van der Waals surface area contributed by atoms with Crippen molar-refractivity contribution in [2.45, 2.75) is 19.8 Å². The number of hydrogen-bond acceptors (Lipinski definition) is 4. The number of hydrazone groups is 1. The number of nitrogens with zero attached hydrogens (tertiary/aromatic N) is 3. The van der Waals surface area contributed by atoms with Crippen LogP contribution in [-0.4, -0.2) is 59.4 Å². The summed E-state index contributed by atoms with van der Waals surface area (Å²) >= 11 is 0. The predicted octanol–water partition coefficient (Wildman–Crippen LogP) is 0.685. The average molecular weight is 346 g/mol. The van der Waals surface area contributed by atoms with Crippen molar-refractivity contribution in [1.29, 1.82) is 0 Å². The molecule has 0 saturated carbocycles. The maximum absolute atomic E-state index is 13.3. The lowest BCUT2D eigenvalue weighted by atomic mass is 10.1. The van der Waals surface area contributed by atoms with Gasteiger partial charge in [-0.3, -0.25) is 14.4 Å². The van der Waals surface area contributed by atoms with Gasteiger partial charge in [0.05, 0.1) is 0 Å². The molecule has 3 rings (SSSR count). The van der Waals surface area contributed by atoms with E-state index < -0.39 is 0 Å². The highest BCUT2D eigenvalue weighted by Crippen LogP contribution is 2.14. The van der Waals surface area contributed by atoms with E-state index in [1.54, 1.807) is 16.7 Å². The molecule has 0 aliphatic carbocycles. The third-order valence-electron chi connectivity index (χ3n) is 4.41. The van der Waals surface area contributed by atoms with E-state index in [0.717, 1.165) is 0 Å². The molecule has 0 spiro atoms. The van der Waals surface area contributed by atoms with Crippen LogP contribution >= 0.6 is 0 Å². The van der Waals surface area contributed by atoms with Gasteiger partial charge in [0.25, 0.3) is 11.8 Å². The Morgan fingerprint density at radius 2 is 1.72 bits per heavy atom. The lowest BCUT2D eigenvalue weighted by molar-refractivity contribution is -0.126. The van der Waals surface area contributed by atoms with Crippen molar-refractivity contribution >= 4 is 23.4 Å². The zero-order valence-electron chi connectivity index (χ0n) is 13.9. The number of rotatable bonds is 2. The van der Waals surface area contributed by atoms with Crippen molar-refractivity contribution in [3.05, 3.63) is 35.1 Å². The topological polar surface area (TPSA) is 82.1 Å². The maximum Gasteiger partial charge on any atom is 0.270 e. The van der Waals surface area contributed by atoms with E-state index in [-0.39, 0.29) is 30.0 Å². The zero-order chi connectivity index (χ0) is 18.0. The van der Waals surface area contributed by atoms with Crippen molar-refractivity contribution in [3.63, 3.8) is 0 Å². The predicted molar refractivity (Wildman–Crippen MR) is 88.4 cm³/mol. The third-order valence-corrected chi connectivity index (χ3v) is 4.41. The van der Waals surface area contributed by atoms with E-state index in [1.165, 1.54) is 18.2 Å². The molecule has 1 N–H and O–H groups in total. The summed E-state index contributed by atoms with van der Waals surface area (Å²) in [6.45, 7) is 3.23. The monoisotopic (exact) mass is 346 g/mol. The molecule has 1 fully saturated rings. The van der Waals surface area contributed by atoms with Gasteiger partial charge < -0.3 is 9.80 Å². The Morgan fingerprint density at radius 1 is 1.08 bits per heavy atom. The van der Waals surface area contributed by atoms with Gasteiger partial charge in [-0.05, 0) is 30.7 Å². The van der Waals surface area contributed by atoms with Gasteiger partial charge >= 0.3 is 0 Å². The van der Waals surface area contributed by atoms with Gasteiger partial charge in [-0.25, -0.2) is 9.82 Å². The summed E-state index contributed by atoms with van der Waals surface area (Å²) in [7, 11) is 0. The minimum atomic E-state index is -0.340. The molecule has 1 aromatic rings. The molecule has 2 aliphatic heterocycles. The largest absolute Gasteiger partial charge is 0.335 e. The van der Waals surface area contributed by atoms with Crippen LogP contribution in [0.1, 0.15) is 28.8 Å². The van der Waals surface area contributed by atoms with E-state index in [1.807, 2.05) is 0 Å². The molecule has 0 bridgehead atoms. The first-order valence-electron chi connectivity index (χ1n) is 8.16. The van der Waals surface area contributed by atoms with Crippen LogP contribution in [0.5, 0.6) is 0 Å². The van der Waals surface area contributed by atoms with Crippen LogP contribution in [-0.2, 0) is 9.59 Å². The Hall–Kier alpha value is -2.77. The number of carbonyl (C=O) groups excluding carboxylic acids is 3. The Morgan fingerprint density at radius 3 is 2.28 bits per heavy atom. The van der Waals surface area contributed by atoms with Crippen LogP contribution in [0.15, 0.2) is 23.3 Å². The summed E-state index contributed by atoms with van der Waals surface area (Å²) in [5.74, 6) is -0.906. The van der Waals surface area contributed by atoms with Crippen molar-refractivity contribution in [2.24, 2.45) is 5.10 Å². The van der Waals surface area contributed by atoms with Crippen LogP contribution in [0.4, 0.5) is 4.39 Å². The number of piperazine rings is 1. The van der Waals surface area contributed by atoms with E-state index in [4.69, 9.17) is 0 Å². The van der Waals surface area contributed by atoms with Gasteiger partial charge in [-0.1, -0.05) is 0 Å². The Labute approximate surface area is 144 Å². The molecule has 2 aliphatic rings. The molecule has 0 atom stereocenters. The van der Waals surface area contributed by atoms with Crippen molar-refractivity contribution in [2.75, 3.05) is 26.2 Å². The highest BCUT2D eigenvalue weighted by atomic mass is 19.1. The highest BCUT2D eigenvalue weighted by Gasteiger charge is 2.28. The first-order valence-corrected chi connectivity index (χ1v) is 8.16. The van der Waals surface area contributed by atoms with Crippen molar-refractivity contribution < 1.29 is 18.8 Å². The summed E-state index contributed by atoms with van der Waals surface area (Å²) in [5, 5.41) is 3.82. The summed E-state index contributed by atoms with van der Waals surface area (Å²) in [6.07, 6.45) is 0.589. The Kier molecular flexibility index (Phi) is 4.78. The number of hydrogen-bond donors (Lipinski definition) is 1. The normalized spacial score (nSPS) is 17.8. The smallest absolute Gasteiger partial charge is 0.270 e. The van der Waals surface area contributed by atoms with Crippen LogP contribution in [0.25, 0.3) is 0 Å². The minimum absolute atomic E-state index is 0.169. The fourth-order valence-electron chi connectivity index (χ4n) is 2.88. The van der Waals surface area contributed by atoms with Crippen LogP contribution in [0.2, 0.25) is 0 Å². The maximum atomic E-state index is 13.3. The van der Waals surface area contributed by atoms with Crippen molar-refractivity contribution in [3.8, 4) is 0 Å². The van der Waals surface area contributed by atoms with E-state index >= 15 is 0 Å². The number of carbonyl (C=O) groups is 3. The second-order valence-electron chi connectivity index (χ2n) is 6.14. The lowest BCUT2D eigenvalue weighted by Crippen LogP contribution is -2.52. The standard InChI is InChI=1S/C17H19FN4O3/c1-11-10-12(2-3-13(11)18)16(24)21-6-8-22(9-7-21)17(25)14-4-5-15(23)20-19-14/h2-3,10H,4-9H2,1H3,(H,20,23).